The van der Waals surface area contributed by atoms with Crippen LogP contribution >= 0.6 is 15.9 Å². The van der Waals surface area contributed by atoms with Gasteiger partial charge in [0.25, 0.3) is 5.56 Å². The van der Waals surface area contributed by atoms with E-state index in [1.165, 1.54) is 10.5 Å². The largest absolute Gasteiger partial charge is 0.453 e. The molecule has 136 valence electrons. The third kappa shape index (κ3) is 3.26. The van der Waals surface area contributed by atoms with Crippen molar-refractivity contribution < 1.29 is 13.9 Å². The van der Waals surface area contributed by atoms with E-state index >= 15 is 0 Å². The highest BCUT2D eigenvalue weighted by Crippen LogP contribution is 2.28. The fraction of sp³-hybridized carbons (Fsp3) is 0.150. The lowest BCUT2D eigenvalue weighted by molar-refractivity contribution is 0.0432. The van der Waals surface area contributed by atoms with Crippen LogP contribution in [0.2, 0.25) is 0 Å². The zero-order chi connectivity index (χ0) is 19.1. The zero-order valence-electron chi connectivity index (χ0n) is 14.7. The number of hydrogen-bond acceptors (Lipinski definition) is 5. The van der Waals surface area contributed by atoms with E-state index in [1.54, 1.807) is 25.3 Å². The van der Waals surface area contributed by atoms with Crippen molar-refractivity contribution in [3.05, 3.63) is 80.0 Å². The molecule has 0 unspecified atom stereocenters. The zero-order valence-corrected chi connectivity index (χ0v) is 16.2. The first-order valence-corrected chi connectivity index (χ1v) is 9.06. The number of benzene rings is 1. The molecule has 3 aromatic heterocycles. The number of hydrogen-bond donors (Lipinski definition) is 0. The molecule has 6 nitrogen and oxygen atoms in total. The summed E-state index contributed by atoms with van der Waals surface area (Å²) in [7, 11) is 0. The number of carbonyl (C=O) groups excluding carboxylic acids is 1. The summed E-state index contributed by atoms with van der Waals surface area (Å²) in [5.41, 5.74) is 2.98. The number of carbonyl (C=O) groups is 1. The van der Waals surface area contributed by atoms with Gasteiger partial charge in [-0.1, -0.05) is 15.9 Å². The number of aryl methyl sites for hydroxylation is 2. The fourth-order valence-electron chi connectivity index (χ4n) is 2.92. The number of halogens is 1. The number of nitrogens with zero attached hydrogens (tertiary/aromatic N) is 2. The van der Waals surface area contributed by atoms with Crippen LogP contribution in [-0.2, 0) is 11.3 Å². The molecule has 0 saturated heterocycles. The molecule has 0 spiro atoms. The summed E-state index contributed by atoms with van der Waals surface area (Å²) in [6, 6.07) is 10.5. The quantitative estimate of drug-likeness (QED) is 0.459. The Morgan fingerprint density at radius 3 is 2.85 bits per heavy atom. The number of ether oxygens (including phenoxy) is 1. The topological polar surface area (TPSA) is 73.8 Å². The lowest BCUT2D eigenvalue weighted by Crippen LogP contribution is -2.16. The van der Waals surface area contributed by atoms with Crippen molar-refractivity contribution in [2.45, 2.75) is 20.5 Å². The Balaban J connectivity index is 1.60. The second-order valence-corrected chi connectivity index (χ2v) is 7.21. The van der Waals surface area contributed by atoms with E-state index in [9.17, 15) is 9.59 Å². The number of rotatable bonds is 3. The molecule has 4 aromatic rings. The van der Waals surface area contributed by atoms with Crippen LogP contribution < -0.4 is 5.56 Å². The fourth-order valence-corrected chi connectivity index (χ4v) is 3.28. The van der Waals surface area contributed by atoms with Gasteiger partial charge in [-0.05, 0) is 49.7 Å². The molecule has 0 aliphatic rings. The molecule has 27 heavy (non-hydrogen) atoms. The lowest BCUT2D eigenvalue weighted by atomic mass is 10.1. The minimum absolute atomic E-state index is 0.112. The summed E-state index contributed by atoms with van der Waals surface area (Å²) >= 11 is 3.41. The van der Waals surface area contributed by atoms with Gasteiger partial charge in [-0.3, -0.25) is 9.20 Å². The maximum atomic E-state index is 12.5. The molecular weight excluding hydrogens is 412 g/mol. The van der Waals surface area contributed by atoms with Gasteiger partial charge in [0, 0.05) is 27.7 Å². The Morgan fingerprint density at radius 2 is 2.04 bits per heavy atom. The number of fused-ring (bicyclic) bond motifs is 2. The summed E-state index contributed by atoms with van der Waals surface area (Å²) in [5, 5.41) is 0.842. The Hall–Kier alpha value is -2.93. The van der Waals surface area contributed by atoms with Crippen LogP contribution in [-0.4, -0.2) is 15.4 Å². The summed E-state index contributed by atoms with van der Waals surface area (Å²) in [4.78, 5) is 29.0. The molecule has 0 aliphatic carbocycles. The molecule has 0 radical (unpaired) electrons. The summed E-state index contributed by atoms with van der Waals surface area (Å²) in [6.07, 6.45) is 1.67. The van der Waals surface area contributed by atoms with Crippen molar-refractivity contribution in [1.29, 1.82) is 0 Å². The van der Waals surface area contributed by atoms with E-state index < -0.39 is 5.97 Å². The van der Waals surface area contributed by atoms with Crippen molar-refractivity contribution in [3.8, 4) is 0 Å². The van der Waals surface area contributed by atoms with Gasteiger partial charge >= 0.3 is 5.97 Å². The highest BCUT2D eigenvalue weighted by Gasteiger charge is 2.19. The smallest absolute Gasteiger partial charge is 0.374 e. The average Bonchev–Trinajstić information content (AvgIpc) is 2.96. The van der Waals surface area contributed by atoms with Crippen molar-refractivity contribution in [2.24, 2.45) is 0 Å². The molecule has 0 N–H and O–H groups in total. The number of furan rings is 1. The molecule has 0 saturated carbocycles. The predicted octanol–water partition coefficient (Wildman–Crippen LogP) is 4.18. The van der Waals surface area contributed by atoms with Gasteiger partial charge < -0.3 is 9.15 Å². The van der Waals surface area contributed by atoms with E-state index in [2.05, 4.69) is 20.9 Å². The average molecular weight is 427 g/mol. The van der Waals surface area contributed by atoms with Crippen molar-refractivity contribution in [1.82, 2.24) is 9.38 Å². The van der Waals surface area contributed by atoms with E-state index in [0.717, 1.165) is 15.4 Å². The normalized spacial score (nSPS) is 11.2. The molecule has 1 aromatic carbocycles. The summed E-state index contributed by atoms with van der Waals surface area (Å²) in [6.45, 7) is 3.61. The van der Waals surface area contributed by atoms with Crippen LogP contribution in [0.25, 0.3) is 16.6 Å². The van der Waals surface area contributed by atoms with E-state index in [0.29, 0.717) is 22.5 Å². The highest BCUT2D eigenvalue weighted by molar-refractivity contribution is 9.10. The minimum Gasteiger partial charge on any atom is -0.453 e. The van der Waals surface area contributed by atoms with E-state index in [-0.39, 0.29) is 17.9 Å². The second kappa shape index (κ2) is 6.66. The molecule has 3 heterocycles. The highest BCUT2D eigenvalue weighted by atomic mass is 79.9. The first-order chi connectivity index (χ1) is 12.9. The number of aromatic nitrogens is 2. The number of pyridine rings is 1. The van der Waals surface area contributed by atoms with Gasteiger partial charge in [0.1, 0.15) is 17.8 Å². The van der Waals surface area contributed by atoms with Crippen molar-refractivity contribution in [2.75, 3.05) is 0 Å². The third-order valence-electron chi connectivity index (χ3n) is 4.31. The SMILES string of the molecule is Cc1ccn2c(=O)cc(COC(=O)c3oc4ccc(Br)cc4c3C)nc2c1. The van der Waals surface area contributed by atoms with Crippen LogP contribution in [0.1, 0.15) is 27.4 Å². The molecular formula is C20H15BrN2O4. The Labute approximate surface area is 162 Å². The maximum absolute atomic E-state index is 12.5. The van der Waals surface area contributed by atoms with Crippen LogP contribution in [0, 0.1) is 13.8 Å². The van der Waals surface area contributed by atoms with Gasteiger partial charge in [-0.25, -0.2) is 9.78 Å². The van der Waals surface area contributed by atoms with Crippen LogP contribution in [0.4, 0.5) is 0 Å². The first-order valence-electron chi connectivity index (χ1n) is 8.27. The van der Waals surface area contributed by atoms with Crippen molar-refractivity contribution in [3.63, 3.8) is 0 Å². The predicted molar refractivity (Wildman–Crippen MR) is 104 cm³/mol. The van der Waals surface area contributed by atoms with Crippen LogP contribution in [0.15, 0.2) is 56.3 Å². The van der Waals surface area contributed by atoms with Crippen LogP contribution in [0.3, 0.4) is 0 Å². The van der Waals surface area contributed by atoms with E-state index in [4.69, 9.17) is 9.15 Å². The minimum atomic E-state index is -0.592. The Bertz CT molecular complexity index is 1260. The number of esters is 1. The molecule has 4 rings (SSSR count). The van der Waals surface area contributed by atoms with Gasteiger partial charge in [-0.15, -0.1) is 0 Å². The summed E-state index contributed by atoms with van der Waals surface area (Å²) in [5.74, 6) is -0.442. The second-order valence-electron chi connectivity index (χ2n) is 6.29. The van der Waals surface area contributed by atoms with E-state index in [1.807, 2.05) is 25.1 Å². The van der Waals surface area contributed by atoms with Crippen molar-refractivity contribution >= 4 is 38.5 Å². The van der Waals surface area contributed by atoms with Gasteiger partial charge in [0.05, 0.1) is 5.69 Å². The molecule has 0 amide bonds. The van der Waals surface area contributed by atoms with Crippen LogP contribution in [0.5, 0.6) is 0 Å². The molecule has 0 fully saturated rings. The Morgan fingerprint density at radius 1 is 1.22 bits per heavy atom. The van der Waals surface area contributed by atoms with Gasteiger partial charge in [0.15, 0.2) is 0 Å². The standard InChI is InChI=1S/C20H15BrN2O4/c1-11-5-6-23-17(7-11)22-14(9-18(23)24)10-26-20(25)19-12(2)15-8-13(21)3-4-16(15)27-19/h3-9H,10H2,1-2H3. The molecule has 0 atom stereocenters. The maximum Gasteiger partial charge on any atom is 0.374 e. The summed E-state index contributed by atoms with van der Waals surface area (Å²) < 4.78 is 13.3. The van der Waals surface area contributed by atoms with Gasteiger partial charge in [0.2, 0.25) is 5.76 Å². The third-order valence-corrected chi connectivity index (χ3v) is 4.80. The molecule has 7 heteroatoms. The van der Waals surface area contributed by atoms with Gasteiger partial charge in [-0.2, -0.15) is 0 Å². The monoisotopic (exact) mass is 426 g/mol. The Kier molecular flexibility index (Phi) is 4.31. The molecule has 0 bridgehead atoms. The lowest BCUT2D eigenvalue weighted by Gasteiger charge is -2.06. The molecule has 0 aliphatic heterocycles. The first kappa shape index (κ1) is 17.5.